The Hall–Kier alpha value is -3.62. The molecule has 0 spiro atoms. The molecule has 0 heterocycles. The molecule has 0 aromatic heterocycles. The fraction of sp³-hybridized carbons (Fsp3) is 0.154. The van der Waals surface area contributed by atoms with Gasteiger partial charge in [0, 0.05) is 5.02 Å². The second kappa shape index (κ2) is 11.7. The van der Waals surface area contributed by atoms with Crippen molar-refractivity contribution in [2.75, 3.05) is 17.5 Å². The molecule has 3 aromatic rings. The average Bonchev–Trinajstić information content (AvgIpc) is 2.83. The molecular weight excluding hydrogens is 486 g/mol. The fourth-order valence-electron chi connectivity index (χ4n) is 3.17. The number of hydrazone groups is 1. The number of sulfonamides is 1. The van der Waals surface area contributed by atoms with Gasteiger partial charge >= 0.3 is 0 Å². The first-order valence-corrected chi connectivity index (χ1v) is 12.5. The summed E-state index contributed by atoms with van der Waals surface area (Å²) in [6.07, 6.45) is 3.08. The summed E-state index contributed by atoms with van der Waals surface area (Å²) in [5.74, 6) is 0.0161. The third-order valence-corrected chi connectivity index (χ3v) is 6.97. The van der Waals surface area contributed by atoms with Gasteiger partial charge in [-0.2, -0.15) is 5.10 Å². The molecule has 0 saturated heterocycles. The van der Waals surface area contributed by atoms with Crippen LogP contribution < -0.4 is 14.5 Å². The zero-order valence-electron chi connectivity index (χ0n) is 19.4. The lowest BCUT2D eigenvalue weighted by Crippen LogP contribution is -2.40. The predicted molar refractivity (Wildman–Crippen MR) is 140 cm³/mol. The monoisotopic (exact) mass is 511 g/mol. The third kappa shape index (κ3) is 6.94. The molecule has 182 valence electrons. The first kappa shape index (κ1) is 26.0. The van der Waals surface area contributed by atoms with Crippen LogP contribution >= 0.6 is 11.6 Å². The van der Waals surface area contributed by atoms with E-state index >= 15 is 0 Å². The number of nitrogens with zero attached hydrogens (tertiary/aromatic N) is 2. The molecular formula is C26H26ClN3O4S. The van der Waals surface area contributed by atoms with Crippen LogP contribution in [0.15, 0.2) is 89.4 Å². The Bertz CT molecular complexity index is 1340. The molecule has 0 bridgehead atoms. The number of rotatable bonds is 10. The van der Waals surface area contributed by atoms with Gasteiger partial charge in [-0.3, -0.25) is 9.10 Å². The van der Waals surface area contributed by atoms with Gasteiger partial charge in [-0.05, 0) is 61.4 Å². The topological polar surface area (TPSA) is 88.1 Å². The van der Waals surface area contributed by atoms with Gasteiger partial charge in [0.05, 0.1) is 16.8 Å². The molecule has 0 saturated carbocycles. The van der Waals surface area contributed by atoms with Crippen molar-refractivity contribution in [1.82, 2.24) is 5.43 Å². The van der Waals surface area contributed by atoms with Gasteiger partial charge in [-0.1, -0.05) is 60.2 Å². The van der Waals surface area contributed by atoms with Gasteiger partial charge in [0.2, 0.25) is 0 Å². The standard InChI is InChI=1S/C26H26ClN3O4S/c1-4-14-34-23-7-5-6-21(15-23)17-28-29-26(31)18-30(25-16-22(27)11-10-20(25)3)35(32,33)24-12-8-19(2)9-13-24/h4-13,15-17H,1,14,18H2,2-3H3,(H,29,31)/b28-17-. The van der Waals surface area contributed by atoms with Crippen molar-refractivity contribution >= 4 is 39.4 Å². The Morgan fingerprint density at radius 2 is 1.86 bits per heavy atom. The molecule has 7 nitrogen and oxygen atoms in total. The van der Waals surface area contributed by atoms with E-state index in [0.717, 1.165) is 9.87 Å². The third-order valence-electron chi connectivity index (χ3n) is 4.96. The molecule has 0 aliphatic rings. The number of hydrogen-bond donors (Lipinski definition) is 1. The minimum Gasteiger partial charge on any atom is -0.490 e. The summed E-state index contributed by atoms with van der Waals surface area (Å²) >= 11 is 6.15. The maximum absolute atomic E-state index is 13.5. The number of aryl methyl sites for hydroxylation is 2. The summed E-state index contributed by atoms with van der Waals surface area (Å²) in [6.45, 7) is 7.10. The summed E-state index contributed by atoms with van der Waals surface area (Å²) in [4.78, 5) is 12.8. The Balaban J connectivity index is 1.83. The molecule has 0 atom stereocenters. The summed E-state index contributed by atoms with van der Waals surface area (Å²) < 4.78 is 33.5. The smallest absolute Gasteiger partial charge is 0.264 e. The SMILES string of the molecule is C=CCOc1cccc(/C=N\NC(=O)CN(c2cc(Cl)ccc2C)S(=O)(=O)c2ccc(C)cc2)c1. The fourth-order valence-corrected chi connectivity index (χ4v) is 4.82. The first-order chi connectivity index (χ1) is 16.7. The molecule has 3 rings (SSSR count). The van der Waals surface area contributed by atoms with E-state index in [2.05, 4.69) is 17.1 Å². The van der Waals surface area contributed by atoms with E-state index in [0.29, 0.717) is 34.2 Å². The van der Waals surface area contributed by atoms with E-state index in [4.69, 9.17) is 16.3 Å². The van der Waals surface area contributed by atoms with Crippen molar-refractivity contribution in [2.24, 2.45) is 5.10 Å². The zero-order valence-corrected chi connectivity index (χ0v) is 21.0. The lowest BCUT2D eigenvalue weighted by molar-refractivity contribution is -0.119. The van der Waals surface area contributed by atoms with Crippen molar-refractivity contribution in [2.45, 2.75) is 18.7 Å². The number of amides is 1. The van der Waals surface area contributed by atoms with E-state index in [1.165, 1.54) is 24.4 Å². The minimum atomic E-state index is -4.06. The van der Waals surface area contributed by atoms with Gasteiger partial charge in [0.25, 0.3) is 15.9 Å². The Morgan fingerprint density at radius 1 is 1.11 bits per heavy atom. The Kier molecular flexibility index (Phi) is 8.68. The van der Waals surface area contributed by atoms with Crippen molar-refractivity contribution in [3.63, 3.8) is 0 Å². The molecule has 35 heavy (non-hydrogen) atoms. The lowest BCUT2D eigenvalue weighted by atomic mass is 10.2. The number of benzene rings is 3. The second-order valence-electron chi connectivity index (χ2n) is 7.72. The maximum Gasteiger partial charge on any atom is 0.264 e. The van der Waals surface area contributed by atoms with Crippen molar-refractivity contribution in [1.29, 1.82) is 0 Å². The lowest BCUT2D eigenvalue weighted by Gasteiger charge is -2.25. The van der Waals surface area contributed by atoms with Gasteiger partial charge in [0.15, 0.2) is 0 Å². The van der Waals surface area contributed by atoms with E-state index in [9.17, 15) is 13.2 Å². The van der Waals surface area contributed by atoms with E-state index in [1.807, 2.05) is 6.92 Å². The molecule has 0 unspecified atom stereocenters. The van der Waals surface area contributed by atoms with Crippen LogP contribution in [-0.4, -0.2) is 33.7 Å². The number of anilines is 1. The molecule has 0 aliphatic carbocycles. The van der Waals surface area contributed by atoms with Gasteiger partial charge < -0.3 is 4.74 Å². The molecule has 1 N–H and O–H groups in total. The minimum absolute atomic E-state index is 0.0649. The van der Waals surface area contributed by atoms with E-state index < -0.39 is 22.5 Å². The van der Waals surface area contributed by atoms with E-state index in [1.54, 1.807) is 61.5 Å². The van der Waals surface area contributed by atoms with Crippen molar-refractivity contribution in [3.05, 3.63) is 101 Å². The normalized spacial score (nSPS) is 11.3. The predicted octanol–water partition coefficient (Wildman–Crippen LogP) is 4.87. The highest BCUT2D eigenvalue weighted by Gasteiger charge is 2.28. The first-order valence-electron chi connectivity index (χ1n) is 10.7. The van der Waals surface area contributed by atoms with Crippen LogP contribution in [0.3, 0.4) is 0 Å². The quantitative estimate of drug-likeness (QED) is 0.239. The molecule has 0 fully saturated rings. The van der Waals surface area contributed by atoms with Gasteiger partial charge in [-0.15, -0.1) is 0 Å². The molecule has 9 heteroatoms. The number of carbonyl (C=O) groups is 1. The van der Waals surface area contributed by atoms with Crippen LogP contribution in [0, 0.1) is 13.8 Å². The van der Waals surface area contributed by atoms with Crippen LogP contribution in [0.25, 0.3) is 0 Å². The second-order valence-corrected chi connectivity index (χ2v) is 10.0. The van der Waals surface area contributed by atoms with Crippen LogP contribution in [0.5, 0.6) is 5.75 Å². The number of nitrogens with one attached hydrogen (secondary N) is 1. The van der Waals surface area contributed by atoms with Crippen LogP contribution in [0.2, 0.25) is 5.02 Å². The van der Waals surface area contributed by atoms with Crippen LogP contribution in [-0.2, 0) is 14.8 Å². The average molecular weight is 512 g/mol. The van der Waals surface area contributed by atoms with Gasteiger partial charge in [-0.25, -0.2) is 13.8 Å². The zero-order chi connectivity index (χ0) is 25.4. The highest BCUT2D eigenvalue weighted by atomic mass is 35.5. The number of ether oxygens (including phenoxy) is 1. The van der Waals surface area contributed by atoms with Crippen LogP contribution in [0.4, 0.5) is 5.69 Å². The number of hydrogen-bond acceptors (Lipinski definition) is 5. The van der Waals surface area contributed by atoms with Crippen molar-refractivity contribution in [3.8, 4) is 5.75 Å². The summed E-state index contributed by atoms with van der Waals surface area (Å²) in [7, 11) is -4.06. The Labute approximate surface area is 210 Å². The van der Waals surface area contributed by atoms with Crippen molar-refractivity contribution < 1.29 is 17.9 Å². The molecule has 1 amide bonds. The largest absolute Gasteiger partial charge is 0.490 e. The highest BCUT2D eigenvalue weighted by Crippen LogP contribution is 2.29. The maximum atomic E-state index is 13.5. The van der Waals surface area contributed by atoms with Gasteiger partial charge in [0.1, 0.15) is 18.9 Å². The number of carbonyl (C=O) groups excluding carboxylic acids is 1. The molecule has 3 aromatic carbocycles. The molecule has 0 radical (unpaired) electrons. The summed E-state index contributed by atoms with van der Waals surface area (Å²) in [5.41, 5.74) is 4.97. The summed E-state index contributed by atoms with van der Waals surface area (Å²) in [6, 6.07) is 18.4. The Morgan fingerprint density at radius 3 is 2.57 bits per heavy atom. The van der Waals surface area contributed by atoms with Crippen LogP contribution in [0.1, 0.15) is 16.7 Å². The van der Waals surface area contributed by atoms with E-state index in [-0.39, 0.29) is 4.90 Å². The molecule has 0 aliphatic heterocycles. The highest BCUT2D eigenvalue weighted by molar-refractivity contribution is 7.92. The number of halogens is 1. The summed E-state index contributed by atoms with van der Waals surface area (Å²) in [5, 5.41) is 4.32.